The first-order valence-electron chi connectivity index (χ1n) is 5.55. The molecule has 6 heteroatoms. The first-order chi connectivity index (χ1) is 8.22. The zero-order valence-corrected chi connectivity index (χ0v) is 14.6. The first-order valence-corrected chi connectivity index (χ1v) is 5.55. The molecular formula is C13H10N2O2VW-2. The van der Waals surface area contributed by atoms with Gasteiger partial charge >= 0.3 is 0 Å². The van der Waals surface area contributed by atoms with Crippen LogP contribution >= 0.6 is 0 Å². The average molecular weight is 461 g/mol. The molecule has 0 aliphatic carbocycles. The predicted molar refractivity (Wildman–Crippen MR) is 62.7 cm³/mol. The maximum Gasteiger partial charge on any atom is 0.0685 e. The van der Waals surface area contributed by atoms with Gasteiger partial charge in [-0.05, 0) is 18.3 Å². The van der Waals surface area contributed by atoms with Gasteiger partial charge in [0.2, 0.25) is 0 Å². The molecule has 1 aliphatic rings. The standard InChI is InChI=1S/C13H10N2O2.V.W/c1-8-5-12-9(6-14-8)13(17)10(7-16)11-3-2-4-15(11)12;;/h5H,2-4H2,1H3;;/q-2;;. The van der Waals surface area contributed by atoms with Crippen molar-refractivity contribution < 1.29 is 44.4 Å². The summed E-state index contributed by atoms with van der Waals surface area (Å²) in [5.41, 5.74) is 2.30. The minimum Gasteiger partial charge on any atom is -0.438 e. The van der Waals surface area contributed by atoms with E-state index in [1.165, 1.54) is 0 Å². The summed E-state index contributed by atoms with van der Waals surface area (Å²) in [5, 5.41) is 0.389. The zero-order chi connectivity index (χ0) is 12.0. The quantitative estimate of drug-likeness (QED) is 0.594. The summed E-state index contributed by atoms with van der Waals surface area (Å²) in [6.45, 7) is 2.69. The molecule has 0 saturated carbocycles. The van der Waals surface area contributed by atoms with Crippen LogP contribution in [0.2, 0.25) is 0 Å². The van der Waals surface area contributed by atoms with Crippen molar-refractivity contribution in [2.45, 2.75) is 26.3 Å². The summed E-state index contributed by atoms with van der Waals surface area (Å²) in [5.74, 6) is 0. The third-order valence-corrected chi connectivity index (χ3v) is 3.20. The second kappa shape index (κ2) is 6.17. The molecule has 2 aromatic rings. The van der Waals surface area contributed by atoms with Crippen LogP contribution in [-0.2, 0) is 57.4 Å². The second-order valence-corrected chi connectivity index (χ2v) is 4.28. The van der Waals surface area contributed by atoms with Crippen molar-refractivity contribution in [3.63, 3.8) is 0 Å². The molecule has 0 amide bonds. The molecule has 1 radical (unpaired) electrons. The van der Waals surface area contributed by atoms with Gasteiger partial charge in [-0.15, -0.1) is 6.07 Å². The maximum atomic E-state index is 12.1. The minimum absolute atomic E-state index is 0. The Morgan fingerprint density at radius 3 is 2.89 bits per heavy atom. The van der Waals surface area contributed by atoms with Gasteiger partial charge < -0.3 is 19.1 Å². The number of rotatable bonds is 1. The number of hydrogen-bond acceptors (Lipinski definition) is 3. The SMILES string of the molecule is Cc1cc2c([c-]n1)c(=O)c([C-]=O)c1n2CCC1.[V].[W]. The van der Waals surface area contributed by atoms with Crippen molar-refractivity contribution in [2.75, 3.05) is 0 Å². The van der Waals surface area contributed by atoms with Crippen LogP contribution in [0.4, 0.5) is 0 Å². The van der Waals surface area contributed by atoms with Gasteiger partial charge in [0.15, 0.2) is 0 Å². The van der Waals surface area contributed by atoms with Crippen molar-refractivity contribution in [1.82, 2.24) is 9.55 Å². The number of fused-ring (bicyclic) bond motifs is 3. The normalized spacial score (nSPS) is 12.5. The minimum atomic E-state index is -0.296. The van der Waals surface area contributed by atoms with Crippen LogP contribution in [-0.4, -0.2) is 15.8 Å². The Balaban J connectivity index is 0.000000902. The fraction of sp³-hybridized carbons (Fsp3) is 0.308. The molecule has 19 heavy (non-hydrogen) atoms. The van der Waals surface area contributed by atoms with Crippen molar-refractivity contribution in [1.29, 1.82) is 0 Å². The second-order valence-electron chi connectivity index (χ2n) is 4.28. The van der Waals surface area contributed by atoms with Gasteiger partial charge in [0.25, 0.3) is 0 Å². The Labute approximate surface area is 136 Å². The molecule has 4 nitrogen and oxygen atoms in total. The van der Waals surface area contributed by atoms with Gasteiger partial charge in [0, 0.05) is 46.2 Å². The van der Waals surface area contributed by atoms with Gasteiger partial charge in [-0.3, -0.25) is 0 Å². The van der Waals surface area contributed by atoms with Crippen molar-refractivity contribution in [3.8, 4) is 0 Å². The molecule has 0 atom stereocenters. The van der Waals surface area contributed by atoms with E-state index in [1.807, 2.05) is 17.6 Å². The Kier molecular flexibility index (Phi) is 5.31. The largest absolute Gasteiger partial charge is 0.438 e. The van der Waals surface area contributed by atoms with Gasteiger partial charge in [0.05, 0.1) is 11.7 Å². The monoisotopic (exact) mass is 461 g/mol. The third kappa shape index (κ3) is 2.49. The van der Waals surface area contributed by atoms with Crippen molar-refractivity contribution >= 4 is 17.2 Å². The molecule has 0 spiro atoms. The Morgan fingerprint density at radius 1 is 1.47 bits per heavy atom. The number of pyridine rings is 2. The molecule has 0 fully saturated rings. The molecule has 0 unspecified atom stereocenters. The van der Waals surface area contributed by atoms with Crippen molar-refractivity contribution in [3.05, 3.63) is 39.4 Å². The molecule has 0 bridgehead atoms. The van der Waals surface area contributed by atoms with Crippen LogP contribution in [0.25, 0.3) is 10.9 Å². The molecule has 1 aliphatic heterocycles. The van der Waals surface area contributed by atoms with Gasteiger partial charge in [0.1, 0.15) is 0 Å². The molecule has 2 aromatic heterocycles. The molecular weight excluding hydrogens is 451 g/mol. The summed E-state index contributed by atoms with van der Waals surface area (Å²) >= 11 is 0. The predicted octanol–water partition coefficient (Wildman–Crippen LogP) is 0.904. The molecule has 3 rings (SSSR count). The average Bonchev–Trinajstić information content (AvgIpc) is 2.78. The molecule has 0 aromatic carbocycles. The number of aromatic nitrogens is 2. The summed E-state index contributed by atoms with van der Waals surface area (Å²) in [6, 6.07) is 1.87. The fourth-order valence-corrected chi connectivity index (χ4v) is 2.45. The molecule has 0 N–H and O–H groups in total. The third-order valence-electron chi connectivity index (χ3n) is 3.20. The van der Waals surface area contributed by atoms with E-state index in [9.17, 15) is 9.59 Å². The summed E-state index contributed by atoms with van der Waals surface area (Å²) in [6.07, 6.45) is 6.21. The molecule has 3 heterocycles. The number of hydrogen-bond donors (Lipinski definition) is 0. The van der Waals surface area contributed by atoms with E-state index >= 15 is 0 Å². The number of aryl methyl sites for hydroxylation is 2. The van der Waals surface area contributed by atoms with Crippen molar-refractivity contribution in [2.24, 2.45) is 0 Å². The van der Waals surface area contributed by atoms with E-state index in [0.717, 1.165) is 36.3 Å². The van der Waals surface area contributed by atoms with E-state index in [4.69, 9.17) is 0 Å². The van der Waals surface area contributed by atoms with Gasteiger partial charge in [-0.2, -0.15) is 0 Å². The summed E-state index contributed by atoms with van der Waals surface area (Å²) < 4.78 is 2.02. The van der Waals surface area contributed by atoms with Crippen LogP contribution in [0.5, 0.6) is 0 Å². The smallest absolute Gasteiger partial charge is 0.0685 e. The van der Waals surface area contributed by atoms with E-state index in [1.54, 1.807) is 6.29 Å². The van der Waals surface area contributed by atoms with E-state index in [0.29, 0.717) is 5.39 Å². The Bertz CT molecular complexity index is 697. The molecule has 0 saturated heterocycles. The van der Waals surface area contributed by atoms with Gasteiger partial charge in [-0.1, -0.05) is 35.5 Å². The Morgan fingerprint density at radius 2 is 2.21 bits per heavy atom. The van der Waals surface area contributed by atoms with Gasteiger partial charge in [-0.25, -0.2) is 0 Å². The van der Waals surface area contributed by atoms with Crippen LogP contribution in [0.15, 0.2) is 10.9 Å². The van der Waals surface area contributed by atoms with Crippen LogP contribution in [0, 0.1) is 13.1 Å². The maximum absolute atomic E-state index is 12.1. The van der Waals surface area contributed by atoms with E-state index < -0.39 is 0 Å². The zero-order valence-electron chi connectivity index (χ0n) is 10.3. The Hall–Kier alpha value is -0.697. The van der Waals surface area contributed by atoms with E-state index in [-0.39, 0.29) is 50.6 Å². The van der Waals surface area contributed by atoms with Crippen LogP contribution in [0.1, 0.15) is 23.4 Å². The molecule has 97 valence electrons. The van der Waals surface area contributed by atoms with E-state index in [2.05, 4.69) is 11.2 Å². The van der Waals surface area contributed by atoms with Crippen LogP contribution in [0.3, 0.4) is 0 Å². The summed E-state index contributed by atoms with van der Waals surface area (Å²) in [4.78, 5) is 27.0. The number of carbonyl (C=O) groups excluding carboxylic acids is 1. The number of nitrogens with zero attached hydrogens (tertiary/aromatic N) is 2. The topological polar surface area (TPSA) is 52.0 Å². The van der Waals surface area contributed by atoms with Crippen LogP contribution < -0.4 is 5.43 Å². The fourth-order valence-electron chi connectivity index (χ4n) is 2.45. The summed E-state index contributed by atoms with van der Waals surface area (Å²) in [7, 11) is 0. The first kappa shape index (κ1) is 16.4.